The fraction of sp³-hybridized carbons (Fsp3) is 0.833. The van der Waals surface area contributed by atoms with Gasteiger partial charge in [-0.15, -0.1) is 0 Å². The van der Waals surface area contributed by atoms with Gasteiger partial charge in [-0.3, -0.25) is 14.5 Å². The van der Waals surface area contributed by atoms with Crippen molar-refractivity contribution < 1.29 is 19.4 Å². The Hall–Kier alpha value is -1.14. The Labute approximate surface area is 108 Å². The van der Waals surface area contributed by atoms with Crippen molar-refractivity contribution in [2.45, 2.75) is 32.7 Å². The molecule has 0 heterocycles. The summed E-state index contributed by atoms with van der Waals surface area (Å²) >= 11 is 0. The Morgan fingerprint density at radius 2 is 2.00 bits per heavy atom. The first-order chi connectivity index (χ1) is 8.36. The number of nitrogens with one attached hydrogen (secondary N) is 1. The van der Waals surface area contributed by atoms with Crippen molar-refractivity contribution >= 4 is 11.9 Å². The van der Waals surface area contributed by atoms with E-state index in [1.807, 2.05) is 6.92 Å². The van der Waals surface area contributed by atoms with E-state index in [2.05, 4.69) is 5.32 Å². The highest BCUT2D eigenvalue weighted by Crippen LogP contribution is 2.13. The van der Waals surface area contributed by atoms with Crippen LogP contribution in [0, 0.1) is 0 Å². The van der Waals surface area contributed by atoms with Crippen molar-refractivity contribution in [2.24, 2.45) is 0 Å². The molecule has 0 unspecified atom stereocenters. The number of carboxylic acid groups (broad SMARTS) is 1. The van der Waals surface area contributed by atoms with Crippen molar-refractivity contribution in [2.75, 3.05) is 33.4 Å². The van der Waals surface area contributed by atoms with Crippen molar-refractivity contribution in [1.82, 2.24) is 10.2 Å². The van der Waals surface area contributed by atoms with E-state index in [-0.39, 0.29) is 12.5 Å². The van der Waals surface area contributed by atoms with Gasteiger partial charge in [-0.25, -0.2) is 0 Å². The molecule has 0 aliphatic heterocycles. The van der Waals surface area contributed by atoms with Gasteiger partial charge in [-0.05, 0) is 26.8 Å². The van der Waals surface area contributed by atoms with Gasteiger partial charge in [0.1, 0.15) is 5.54 Å². The highest BCUT2D eigenvalue weighted by Gasteiger charge is 2.34. The predicted molar refractivity (Wildman–Crippen MR) is 68.5 cm³/mol. The van der Waals surface area contributed by atoms with Gasteiger partial charge in [0.25, 0.3) is 0 Å². The highest BCUT2D eigenvalue weighted by atomic mass is 16.5. The summed E-state index contributed by atoms with van der Waals surface area (Å²) < 4.78 is 4.87. The zero-order chi connectivity index (χ0) is 14.2. The standard InChI is InChI=1S/C12H24N2O4/c1-5-14(12(2,3)11(16)17)9-10(15)13-7-6-8-18-4/h5-9H2,1-4H3,(H,13,15)(H,16,17). The predicted octanol–water partition coefficient (Wildman–Crippen LogP) is 0.324. The number of carbonyl (C=O) groups is 2. The second kappa shape index (κ2) is 8.05. The molecular weight excluding hydrogens is 236 g/mol. The summed E-state index contributed by atoms with van der Waals surface area (Å²) in [6.07, 6.45) is 0.747. The van der Waals surface area contributed by atoms with Crippen molar-refractivity contribution in [3.8, 4) is 0 Å². The van der Waals surface area contributed by atoms with E-state index in [1.54, 1.807) is 25.9 Å². The van der Waals surface area contributed by atoms with E-state index in [9.17, 15) is 9.59 Å². The number of hydrogen-bond acceptors (Lipinski definition) is 4. The molecule has 0 saturated heterocycles. The molecule has 6 nitrogen and oxygen atoms in total. The van der Waals surface area contributed by atoms with Crippen LogP contribution in [0.1, 0.15) is 27.2 Å². The zero-order valence-corrected chi connectivity index (χ0v) is 11.7. The maximum atomic E-state index is 11.7. The van der Waals surface area contributed by atoms with Crippen LogP contribution in [0.15, 0.2) is 0 Å². The van der Waals surface area contributed by atoms with E-state index >= 15 is 0 Å². The topological polar surface area (TPSA) is 78.9 Å². The molecule has 0 aromatic carbocycles. The minimum atomic E-state index is -1.04. The van der Waals surface area contributed by atoms with E-state index in [1.165, 1.54) is 0 Å². The quantitative estimate of drug-likeness (QED) is 0.584. The van der Waals surface area contributed by atoms with Crippen LogP contribution in [-0.4, -0.2) is 60.8 Å². The molecule has 2 N–H and O–H groups in total. The lowest BCUT2D eigenvalue weighted by molar-refractivity contribution is -0.150. The summed E-state index contributed by atoms with van der Waals surface area (Å²) in [6, 6.07) is 0. The number of methoxy groups -OCH3 is 1. The minimum absolute atomic E-state index is 0.0861. The molecule has 0 spiro atoms. The average molecular weight is 260 g/mol. The Kier molecular flexibility index (Phi) is 7.54. The summed E-state index contributed by atoms with van der Waals surface area (Å²) in [5.41, 5.74) is -1.04. The van der Waals surface area contributed by atoms with Crippen LogP contribution in [0.2, 0.25) is 0 Å². The van der Waals surface area contributed by atoms with Crippen LogP contribution in [0.4, 0.5) is 0 Å². The van der Waals surface area contributed by atoms with Crippen molar-refractivity contribution in [3.05, 3.63) is 0 Å². The number of carbonyl (C=O) groups excluding carboxylic acids is 1. The molecular formula is C12H24N2O4. The largest absolute Gasteiger partial charge is 0.480 e. The van der Waals surface area contributed by atoms with Gasteiger partial charge < -0.3 is 15.2 Å². The van der Waals surface area contributed by atoms with Gasteiger partial charge in [0.15, 0.2) is 0 Å². The first-order valence-corrected chi connectivity index (χ1v) is 6.10. The van der Waals surface area contributed by atoms with Crippen LogP contribution in [0.3, 0.4) is 0 Å². The number of ether oxygens (including phenoxy) is 1. The molecule has 0 radical (unpaired) electrons. The van der Waals surface area contributed by atoms with Gasteiger partial charge in [-0.2, -0.15) is 0 Å². The van der Waals surface area contributed by atoms with Gasteiger partial charge in [0.2, 0.25) is 5.91 Å². The van der Waals surface area contributed by atoms with Gasteiger partial charge in [0.05, 0.1) is 6.54 Å². The van der Waals surface area contributed by atoms with Crippen LogP contribution >= 0.6 is 0 Å². The maximum absolute atomic E-state index is 11.7. The van der Waals surface area contributed by atoms with E-state index < -0.39 is 11.5 Å². The molecule has 106 valence electrons. The van der Waals surface area contributed by atoms with E-state index in [0.717, 1.165) is 6.42 Å². The van der Waals surface area contributed by atoms with Crippen molar-refractivity contribution in [3.63, 3.8) is 0 Å². The number of amides is 1. The average Bonchev–Trinajstić information content (AvgIpc) is 2.31. The third-order valence-corrected chi connectivity index (χ3v) is 2.88. The summed E-state index contributed by atoms with van der Waals surface area (Å²) in [4.78, 5) is 24.4. The van der Waals surface area contributed by atoms with Crippen molar-refractivity contribution in [1.29, 1.82) is 0 Å². The van der Waals surface area contributed by atoms with E-state index in [4.69, 9.17) is 9.84 Å². The molecule has 0 fully saturated rings. The zero-order valence-electron chi connectivity index (χ0n) is 11.7. The van der Waals surface area contributed by atoms with Crippen LogP contribution in [0.25, 0.3) is 0 Å². The third kappa shape index (κ3) is 5.46. The smallest absolute Gasteiger partial charge is 0.323 e. The molecule has 18 heavy (non-hydrogen) atoms. The Morgan fingerprint density at radius 1 is 1.39 bits per heavy atom. The number of likely N-dealkylation sites (N-methyl/N-ethyl adjacent to an activating group) is 1. The number of aliphatic carboxylic acids is 1. The molecule has 0 aliphatic rings. The SMILES string of the molecule is CCN(CC(=O)NCCCOC)C(C)(C)C(=O)O. The van der Waals surface area contributed by atoms with Gasteiger partial charge >= 0.3 is 5.97 Å². The first-order valence-electron chi connectivity index (χ1n) is 6.10. The first kappa shape index (κ1) is 16.9. The summed E-state index contributed by atoms with van der Waals surface area (Å²) in [7, 11) is 1.61. The molecule has 0 atom stereocenters. The lowest BCUT2D eigenvalue weighted by Gasteiger charge is -2.33. The maximum Gasteiger partial charge on any atom is 0.323 e. The number of nitrogens with zero attached hydrogens (tertiary/aromatic N) is 1. The van der Waals surface area contributed by atoms with Crippen LogP contribution in [-0.2, 0) is 14.3 Å². The number of carboxylic acids is 1. The Morgan fingerprint density at radius 3 is 2.44 bits per heavy atom. The molecule has 0 aromatic rings. The minimum Gasteiger partial charge on any atom is -0.480 e. The molecule has 0 bridgehead atoms. The Balaban J connectivity index is 4.21. The monoisotopic (exact) mass is 260 g/mol. The lowest BCUT2D eigenvalue weighted by Crippen LogP contribution is -2.53. The molecule has 0 saturated carbocycles. The Bertz CT molecular complexity index is 279. The molecule has 1 amide bonds. The fourth-order valence-electron chi connectivity index (χ4n) is 1.51. The third-order valence-electron chi connectivity index (χ3n) is 2.88. The van der Waals surface area contributed by atoms with E-state index in [0.29, 0.717) is 19.7 Å². The summed E-state index contributed by atoms with van der Waals surface area (Å²) in [5, 5.41) is 11.9. The molecule has 6 heteroatoms. The summed E-state index contributed by atoms with van der Waals surface area (Å²) in [5.74, 6) is -1.10. The second-order valence-corrected chi connectivity index (χ2v) is 4.57. The molecule has 0 aliphatic carbocycles. The van der Waals surface area contributed by atoms with Gasteiger partial charge in [0, 0.05) is 20.3 Å². The molecule has 0 aromatic heterocycles. The fourth-order valence-corrected chi connectivity index (χ4v) is 1.51. The molecule has 0 rings (SSSR count). The van der Waals surface area contributed by atoms with Crippen LogP contribution in [0.5, 0.6) is 0 Å². The highest BCUT2D eigenvalue weighted by molar-refractivity contribution is 5.81. The van der Waals surface area contributed by atoms with Gasteiger partial charge in [-0.1, -0.05) is 6.92 Å². The van der Waals surface area contributed by atoms with Crippen LogP contribution < -0.4 is 5.32 Å². The summed E-state index contributed by atoms with van der Waals surface area (Å²) in [6.45, 7) is 6.75. The second-order valence-electron chi connectivity index (χ2n) is 4.57. The normalized spacial score (nSPS) is 11.6. The number of rotatable bonds is 9. The number of hydrogen-bond donors (Lipinski definition) is 2. The lowest BCUT2D eigenvalue weighted by atomic mass is 10.0.